The van der Waals surface area contributed by atoms with Crippen LogP contribution in [0.5, 0.6) is 0 Å². The van der Waals surface area contributed by atoms with Crippen LogP contribution in [0.15, 0.2) is 18.2 Å². The number of hydrogen-bond donors (Lipinski definition) is 1. The van der Waals surface area contributed by atoms with Gasteiger partial charge in [0.1, 0.15) is 11.4 Å². The minimum absolute atomic E-state index is 0.0201. The Balaban J connectivity index is 2.19. The standard InChI is InChI=1S/C17H21FN2O/c1-13-8-7-9-14(15(13)18)16(21)20-17(12-19)10-5-3-2-4-6-11-17/h7-9H,2-6,10-11H2,1H3,(H,20,21). The smallest absolute Gasteiger partial charge is 0.255 e. The molecule has 1 aliphatic carbocycles. The molecule has 112 valence electrons. The molecule has 1 aliphatic rings. The molecule has 1 aromatic carbocycles. The predicted molar refractivity (Wildman–Crippen MR) is 79.3 cm³/mol. The first-order valence-electron chi connectivity index (χ1n) is 7.57. The maximum absolute atomic E-state index is 14.0. The van der Waals surface area contributed by atoms with E-state index < -0.39 is 17.3 Å². The average Bonchev–Trinajstić information content (AvgIpc) is 2.45. The molecule has 1 N–H and O–H groups in total. The van der Waals surface area contributed by atoms with E-state index in [-0.39, 0.29) is 5.56 Å². The number of carbonyl (C=O) groups excluding carboxylic acids is 1. The lowest BCUT2D eigenvalue weighted by Crippen LogP contribution is -2.48. The van der Waals surface area contributed by atoms with Gasteiger partial charge in [-0.25, -0.2) is 4.39 Å². The first-order chi connectivity index (χ1) is 10.1. The molecular weight excluding hydrogens is 267 g/mol. The second-order valence-corrected chi connectivity index (χ2v) is 5.85. The van der Waals surface area contributed by atoms with E-state index in [0.717, 1.165) is 25.7 Å². The number of benzene rings is 1. The predicted octanol–water partition coefficient (Wildman–Crippen LogP) is 3.87. The Hall–Kier alpha value is -1.89. The van der Waals surface area contributed by atoms with E-state index in [1.165, 1.54) is 12.5 Å². The Labute approximate surface area is 125 Å². The Morgan fingerprint density at radius 3 is 2.48 bits per heavy atom. The number of halogens is 1. The molecule has 1 amide bonds. The SMILES string of the molecule is Cc1cccc(C(=O)NC2(C#N)CCCCCCC2)c1F. The van der Waals surface area contributed by atoms with E-state index in [1.807, 2.05) is 0 Å². The van der Waals surface area contributed by atoms with Crippen LogP contribution in [-0.4, -0.2) is 11.4 Å². The fourth-order valence-corrected chi connectivity index (χ4v) is 2.88. The van der Waals surface area contributed by atoms with Gasteiger partial charge in [-0.1, -0.05) is 44.2 Å². The minimum atomic E-state index is -0.853. The van der Waals surface area contributed by atoms with Crippen molar-refractivity contribution >= 4 is 5.91 Å². The molecule has 0 aromatic heterocycles. The Kier molecular flexibility index (Phi) is 4.95. The maximum atomic E-state index is 14.0. The van der Waals surface area contributed by atoms with Crippen molar-refractivity contribution in [3.63, 3.8) is 0 Å². The van der Waals surface area contributed by atoms with Crippen molar-refractivity contribution in [2.45, 2.75) is 57.4 Å². The van der Waals surface area contributed by atoms with Crippen molar-refractivity contribution in [1.82, 2.24) is 5.32 Å². The molecule has 0 heterocycles. The third kappa shape index (κ3) is 3.60. The molecule has 21 heavy (non-hydrogen) atoms. The first kappa shape index (κ1) is 15.5. The van der Waals surface area contributed by atoms with Crippen LogP contribution >= 0.6 is 0 Å². The summed E-state index contributed by atoms with van der Waals surface area (Å²) in [6.45, 7) is 1.63. The van der Waals surface area contributed by atoms with Gasteiger partial charge < -0.3 is 5.32 Å². The van der Waals surface area contributed by atoms with Crippen LogP contribution in [0, 0.1) is 24.1 Å². The Bertz CT molecular complexity index is 554. The molecule has 0 radical (unpaired) electrons. The van der Waals surface area contributed by atoms with Gasteiger partial charge in [0, 0.05) is 0 Å². The van der Waals surface area contributed by atoms with Gasteiger partial charge in [-0.3, -0.25) is 4.79 Å². The first-order valence-corrected chi connectivity index (χ1v) is 7.57. The fourth-order valence-electron chi connectivity index (χ4n) is 2.88. The summed E-state index contributed by atoms with van der Waals surface area (Å²) in [5, 5.41) is 12.3. The summed E-state index contributed by atoms with van der Waals surface area (Å²) in [7, 11) is 0. The number of nitrogens with zero attached hydrogens (tertiary/aromatic N) is 1. The molecule has 2 rings (SSSR count). The fraction of sp³-hybridized carbons (Fsp3) is 0.529. The van der Waals surface area contributed by atoms with Gasteiger partial charge in [0.25, 0.3) is 5.91 Å². The zero-order valence-corrected chi connectivity index (χ0v) is 12.4. The van der Waals surface area contributed by atoms with Crippen LogP contribution < -0.4 is 5.32 Å². The van der Waals surface area contributed by atoms with Gasteiger partial charge in [-0.2, -0.15) is 5.26 Å². The molecule has 0 bridgehead atoms. The third-order valence-electron chi connectivity index (χ3n) is 4.21. The highest BCUT2D eigenvalue weighted by atomic mass is 19.1. The van der Waals surface area contributed by atoms with E-state index >= 15 is 0 Å². The summed E-state index contributed by atoms with van der Waals surface area (Å²) >= 11 is 0. The van der Waals surface area contributed by atoms with Crippen LogP contribution in [-0.2, 0) is 0 Å². The second kappa shape index (κ2) is 6.71. The zero-order valence-electron chi connectivity index (χ0n) is 12.4. The molecule has 4 heteroatoms. The lowest BCUT2D eigenvalue weighted by Gasteiger charge is -2.29. The largest absolute Gasteiger partial charge is 0.334 e. The molecule has 3 nitrogen and oxygen atoms in total. The number of amides is 1. The van der Waals surface area contributed by atoms with Gasteiger partial charge >= 0.3 is 0 Å². The number of hydrogen-bond acceptors (Lipinski definition) is 2. The van der Waals surface area contributed by atoms with Crippen LogP contribution in [0.25, 0.3) is 0 Å². The summed E-state index contributed by atoms with van der Waals surface area (Å²) in [6, 6.07) is 7.01. The van der Waals surface area contributed by atoms with Crippen LogP contribution in [0.2, 0.25) is 0 Å². The maximum Gasteiger partial charge on any atom is 0.255 e. The monoisotopic (exact) mass is 288 g/mol. The highest BCUT2D eigenvalue weighted by Gasteiger charge is 2.32. The van der Waals surface area contributed by atoms with Crippen molar-refractivity contribution in [2.24, 2.45) is 0 Å². The molecule has 0 saturated heterocycles. The van der Waals surface area contributed by atoms with Crippen LogP contribution in [0.1, 0.15) is 60.9 Å². The number of nitriles is 1. The highest BCUT2D eigenvalue weighted by molar-refractivity contribution is 5.95. The molecule has 0 unspecified atom stereocenters. The zero-order chi connectivity index (χ0) is 15.3. The van der Waals surface area contributed by atoms with Crippen molar-refractivity contribution < 1.29 is 9.18 Å². The van der Waals surface area contributed by atoms with Gasteiger partial charge in [0.2, 0.25) is 0 Å². The van der Waals surface area contributed by atoms with E-state index in [9.17, 15) is 14.4 Å². The molecule has 0 atom stereocenters. The molecular formula is C17H21FN2O. The van der Waals surface area contributed by atoms with E-state index in [0.29, 0.717) is 18.4 Å². The van der Waals surface area contributed by atoms with E-state index in [1.54, 1.807) is 19.1 Å². The van der Waals surface area contributed by atoms with Gasteiger partial charge in [-0.15, -0.1) is 0 Å². The molecule has 0 aliphatic heterocycles. The molecule has 1 aromatic rings. The highest BCUT2D eigenvalue weighted by Crippen LogP contribution is 2.26. The lowest BCUT2D eigenvalue weighted by atomic mass is 9.85. The van der Waals surface area contributed by atoms with Crippen molar-refractivity contribution in [3.05, 3.63) is 35.1 Å². The van der Waals surface area contributed by atoms with Gasteiger partial charge in [0.15, 0.2) is 0 Å². The summed E-state index contributed by atoms with van der Waals surface area (Å²) in [5.41, 5.74) is -0.397. The number of nitrogens with one attached hydrogen (secondary N) is 1. The van der Waals surface area contributed by atoms with Gasteiger partial charge in [0.05, 0.1) is 11.6 Å². The summed E-state index contributed by atoms with van der Waals surface area (Å²) < 4.78 is 14.0. The van der Waals surface area contributed by atoms with E-state index in [2.05, 4.69) is 11.4 Å². The summed E-state index contributed by atoms with van der Waals surface area (Å²) in [5.74, 6) is -0.993. The summed E-state index contributed by atoms with van der Waals surface area (Å²) in [4.78, 5) is 12.3. The Morgan fingerprint density at radius 2 is 1.86 bits per heavy atom. The van der Waals surface area contributed by atoms with E-state index in [4.69, 9.17) is 0 Å². The molecule has 1 saturated carbocycles. The minimum Gasteiger partial charge on any atom is -0.334 e. The van der Waals surface area contributed by atoms with Crippen molar-refractivity contribution in [1.29, 1.82) is 5.26 Å². The van der Waals surface area contributed by atoms with Crippen LogP contribution in [0.4, 0.5) is 4.39 Å². The second-order valence-electron chi connectivity index (χ2n) is 5.85. The van der Waals surface area contributed by atoms with Gasteiger partial charge in [-0.05, 0) is 31.4 Å². The number of aryl methyl sites for hydroxylation is 1. The third-order valence-corrected chi connectivity index (χ3v) is 4.21. The normalized spacial score (nSPS) is 18.1. The molecule has 0 spiro atoms. The quantitative estimate of drug-likeness (QED) is 0.898. The van der Waals surface area contributed by atoms with Crippen molar-refractivity contribution in [2.75, 3.05) is 0 Å². The summed E-state index contributed by atoms with van der Waals surface area (Å²) in [6.07, 6.45) is 6.47. The number of rotatable bonds is 2. The number of carbonyl (C=O) groups is 1. The average molecular weight is 288 g/mol. The lowest BCUT2D eigenvalue weighted by molar-refractivity contribution is 0.0903. The molecule has 1 fully saturated rings. The Morgan fingerprint density at radius 1 is 1.24 bits per heavy atom. The topological polar surface area (TPSA) is 52.9 Å². The van der Waals surface area contributed by atoms with Crippen molar-refractivity contribution in [3.8, 4) is 6.07 Å². The van der Waals surface area contributed by atoms with Crippen LogP contribution in [0.3, 0.4) is 0 Å².